The third-order valence-corrected chi connectivity index (χ3v) is 5.77. The largest absolute Gasteiger partial charge is 0.481 e. The standard InChI is InChI=1S/C12H9BrN2O3S2/c13-7-1-2-19-10(7)8-5-20-12(14-8)15-4-6(11(17)18)3-9(15)16/h1-2,5-6H,3-4H2,(H,17,18). The van der Waals surface area contributed by atoms with Crippen LogP contribution < -0.4 is 4.90 Å². The van der Waals surface area contributed by atoms with Crippen molar-refractivity contribution in [3.63, 3.8) is 0 Å². The zero-order valence-corrected chi connectivity index (χ0v) is 13.3. The highest BCUT2D eigenvalue weighted by Crippen LogP contribution is 2.37. The van der Waals surface area contributed by atoms with Crippen molar-refractivity contribution >= 4 is 55.6 Å². The number of amides is 1. The molecule has 1 amide bonds. The number of carboxylic acid groups (broad SMARTS) is 1. The molecule has 0 radical (unpaired) electrons. The monoisotopic (exact) mass is 372 g/mol. The molecular formula is C12H9BrN2O3S2. The van der Waals surface area contributed by atoms with Crippen LogP contribution in [0.15, 0.2) is 21.3 Å². The summed E-state index contributed by atoms with van der Waals surface area (Å²) in [6.07, 6.45) is 0.0486. The van der Waals surface area contributed by atoms with Gasteiger partial charge in [-0.2, -0.15) is 0 Å². The molecule has 5 nitrogen and oxygen atoms in total. The zero-order chi connectivity index (χ0) is 14.3. The fourth-order valence-corrected chi connectivity index (χ4v) is 4.48. The lowest BCUT2D eigenvalue weighted by Crippen LogP contribution is -2.25. The summed E-state index contributed by atoms with van der Waals surface area (Å²) in [6, 6.07) is 1.94. The second kappa shape index (κ2) is 5.27. The summed E-state index contributed by atoms with van der Waals surface area (Å²) in [5.74, 6) is -1.74. The molecule has 0 saturated carbocycles. The van der Waals surface area contributed by atoms with Crippen LogP contribution in [0.5, 0.6) is 0 Å². The fraction of sp³-hybridized carbons (Fsp3) is 0.250. The van der Waals surface area contributed by atoms with Gasteiger partial charge >= 0.3 is 5.97 Å². The van der Waals surface area contributed by atoms with Gasteiger partial charge in [-0.15, -0.1) is 22.7 Å². The Morgan fingerprint density at radius 3 is 2.90 bits per heavy atom. The van der Waals surface area contributed by atoms with E-state index in [0.717, 1.165) is 15.0 Å². The highest BCUT2D eigenvalue weighted by molar-refractivity contribution is 9.10. The van der Waals surface area contributed by atoms with Gasteiger partial charge in [0.15, 0.2) is 5.13 Å². The van der Waals surface area contributed by atoms with E-state index in [1.165, 1.54) is 16.2 Å². The number of hydrogen-bond acceptors (Lipinski definition) is 5. The van der Waals surface area contributed by atoms with Crippen molar-refractivity contribution in [2.24, 2.45) is 5.92 Å². The van der Waals surface area contributed by atoms with Crippen molar-refractivity contribution in [2.75, 3.05) is 11.4 Å². The predicted octanol–water partition coefficient (Wildman–Crippen LogP) is 3.07. The molecule has 0 aliphatic carbocycles. The average Bonchev–Trinajstić information content (AvgIpc) is 3.07. The van der Waals surface area contributed by atoms with Gasteiger partial charge in [-0.05, 0) is 27.4 Å². The van der Waals surface area contributed by atoms with E-state index in [1.54, 1.807) is 11.3 Å². The van der Waals surface area contributed by atoms with Gasteiger partial charge in [0.2, 0.25) is 5.91 Å². The number of aliphatic carboxylic acids is 1. The number of thiophene rings is 1. The molecule has 3 heterocycles. The summed E-state index contributed by atoms with van der Waals surface area (Å²) < 4.78 is 0.968. The molecule has 1 aliphatic rings. The van der Waals surface area contributed by atoms with Crippen LogP contribution in [0.4, 0.5) is 5.13 Å². The Morgan fingerprint density at radius 1 is 1.50 bits per heavy atom. The van der Waals surface area contributed by atoms with Crippen LogP contribution in [0.1, 0.15) is 6.42 Å². The maximum atomic E-state index is 11.9. The Labute approximate surface area is 131 Å². The van der Waals surface area contributed by atoms with Gasteiger partial charge in [-0.3, -0.25) is 14.5 Å². The lowest BCUT2D eigenvalue weighted by molar-refractivity contribution is -0.141. The first-order chi connectivity index (χ1) is 9.56. The maximum absolute atomic E-state index is 11.9. The number of halogens is 1. The van der Waals surface area contributed by atoms with E-state index < -0.39 is 11.9 Å². The third-order valence-electron chi connectivity index (χ3n) is 3.05. The Kier molecular flexibility index (Phi) is 3.61. The molecular weight excluding hydrogens is 364 g/mol. The molecule has 1 atom stereocenters. The van der Waals surface area contributed by atoms with Crippen molar-refractivity contribution < 1.29 is 14.7 Å². The van der Waals surface area contributed by atoms with Gasteiger partial charge in [0.25, 0.3) is 0 Å². The molecule has 0 bridgehead atoms. The topological polar surface area (TPSA) is 70.5 Å². The first kappa shape index (κ1) is 13.7. The van der Waals surface area contributed by atoms with Crippen LogP contribution in [-0.4, -0.2) is 28.5 Å². The summed E-state index contributed by atoms with van der Waals surface area (Å²) in [6.45, 7) is 0.201. The predicted molar refractivity (Wildman–Crippen MR) is 81.2 cm³/mol. The Bertz CT molecular complexity index is 682. The summed E-state index contributed by atoms with van der Waals surface area (Å²) in [7, 11) is 0. The molecule has 1 fully saturated rings. The van der Waals surface area contributed by atoms with Crippen LogP contribution in [-0.2, 0) is 9.59 Å². The van der Waals surface area contributed by atoms with Gasteiger partial charge in [-0.25, -0.2) is 4.98 Å². The second-order valence-corrected chi connectivity index (χ2v) is 6.96. The van der Waals surface area contributed by atoms with Gasteiger partial charge < -0.3 is 5.11 Å². The van der Waals surface area contributed by atoms with Crippen LogP contribution in [0.2, 0.25) is 0 Å². The normalized spacial score (nSPS) is 18.8. The van der Waals surface area contributed by atoms with Crippen LogP contribution in [0.3, 0.4) is 0 Å². The SMILES string of the molecule is O=C(O)C1CC(=O)N(c2nc(-c3sccc3Br)cs2)C1. The van der Waals surface area contributed by atoms with Crippen molar-refractivity contribution in [3.05, 3.63) is 21.3 Å². The van der Waals surface area contributed by atoms with Crippen molar-refractivity contribution in [2.45, 2.75) is 6.42 Å². The molecule has 2 aromatic rings. The molecule has 20 heavy (non-hydrogen) atoms. The second-order valence-electron chi connectivity index (χ2n) is 4.36. The van der Waals surface area contributed by atoms with Gasteiger partial charge in [0, 0.05) is 22.8 Å². The third kappa shape index (κ3) is 2.38. The molecule has 2 aromatic heterocycles. The number of aromatic nitrogens is 1. The number of thiazole rings is 1. The van der Waals surface area contributed by atoms with E-state index in [1.807, 2.05) is 16.8 Å². The van der Waals surface area contributed by atoms with Crippen LogP contribution >= 0.6 is 38.6 Å². The smallest absolute Gasteiger partial charge is 0.308 e. The van der Waals surface area contributed by atoms with Gasteiger partial charge in [-0.1, -0.05) is 0 Å². The quantitative estimate of drug-likeness (QED) is 0.898. The Hall–Kier alpha value is -1.25. The first-order valence-electron chi connectivity index (χ1n) is 5.78. The minimum atomic E-state index is -0.932. The number of rotatable bonds is 3. The fourth-order valence-electron chi connectivity index (χ4n) is 2.03. The molecule has 1 saturated heterocycles. The number of anilines is 1. The molecule has 1 N–H and O–H groups in total. The lowest BCUT2D eigenvalue weighted by Gasteiger charge is -2.11. The van der Waals surface area contributed by atoms with E-state index >= 15 is 0 Å². The molecule has 104 valence electrons. The van der Waals surface area contributed by atoms with E-state index in [9.17, 15) is 9.59 Å². The number of carboxylic acids is 1. The van der Waals surface area contributed by atoms with E-state index in [4.69, 9.17) is 5.11 Å². The van der Waals surface area contributed by atoms with Crippen molar-refractivity contribution in [1.82, 2.24) is 4.98 Å². The molecule has 1 unspecified atom stereocenters. The molecule has 0 aromatic carbocycles. The molecule has 1 aliphatic heterocycles. The minimum absolute atomic E-state index is 0.0486. The Balaban J connectivity index is 1.86. The number of carbonyl (C=O) groups is 2. The molecule has 3 rings (SSSR count). The van der Waals surface area contributed by atoms with Crippen molar-refractivity contribution in [3.8, 4) is 10.6 Å². The van der Waals surface area contributed by atoms with Crippen LogP contribution in [0.25, 0.3) is 10.6 Å². The number of nitrogens with zero attached hydrogens (tertiary/aromatic N) is 2. The maximum Gasteiger partial charge on any atom is 0.308 e. The molecule has 0 spiro atoms. The Morgan fingerprint density at radius 2 is 2.30 bits per heavy atom. The average molecular weight is 373 g/mol. The highest BCUT2D eigenvalue weighted by Gasteiger charge is 2.36. The van der Waals surface area contributed by atoms with Gasteiger partial charge in [0.1, 0.15) is 0 Å². The highest BCUT2D eigenvalue weighted by atomic mass is 79.9. The molecule has 8 heteroatoms. The van der Waals surface area contributed by atoms with Crippen molar-refractivity contribution in [1.29, 1.82) is 0 Å². The summed E-state index contributed by atoms with van der Waals surface area (Å²) in [5, 5.41) is 13.4. The minimum Gasteiger partial charge on any atom is -0.481 e. The van der Waals surface area contributed by atoms with E-state index in [0.29, 0.717) is 5.13 Å². The van der Waals surface area contributed by atoms with Crippen LogP contribution in [0, 0.1) is 5.92 Å². The number of hydrogen-bond donors (Lipinski definition) is 1. The summed E-state index contributed by atoms with van der Waals surface area (Å²) >= 11 is 6.38. The summed E-state index contributed by atoms with van der Waals surface area (Å²) in [4.78, 5) is 29.8. The summed E-state index contributed by atoms with van der Waals surface area (Å²) in [5.41, 5.74) is 0.804. The van der Waals surface area contributed by atoms with E-state index in [2.05, 4.69) is 20.9 Å². The van der Waals surface area contributed by atoms with Gasteiger partial charge in [0.05, 0.1) is 16.5 Å². The first-order valence-corrected chi connectivity index (χ1v) is 8.33. The lowest BCUT2D eigenvalue weighted by atomic mass is 10.1. The zero-order valence-electron chi connectivity index (χ0n) is 10.1. The van der Waals surface area contributed by atoms with E-state index in [-0.39, 0.29) is 18.9 Å². The number of carbonyl (C=O) groups excluding carboxylic acids is 1.